The van der Waals surface area contributed by atoms with Crippen molar-refractivity contribution >= 4 is 17.3 Å². The van der Waals surface area contributed by atoms with Crippen molar-refractivity contribution in [3.63, 3.8) is 0 Å². The molecule has 0 spiro atoms. The van der Waals surface area contributed by atoms with E-state index in [0.717, 1.165) is 0 Å². The largest absolute Gasteiger partial charge is 0.292 e. The molecule has 1 aromatic rings. The lowest BCUT2D eigenvalue weighted by Gasteiger charge is -2.20. The highest BCUT2D eigenvalue weighted by molar-refractivity contribution is 6.52. The predicted octanol–water partition coefficient (Wildman–Crippen LogP) is 2.27. The molecule has 5 heteroatoms. The van der Waals surface area contributed by atoms with Crippen LogP contribution in [0.5, 0.6) is 0 Å². The predicted molar refractivity (Wildman–Crippen MR) is 74.2 cm³/mol. The van der Waals surface area contributed by atoms with E-state index in [1.54, 1.807) is 0 Å². The van der Waals surface area contributed by atoms with Crippen LogP contribution in [0.4, 0.5) is 0 Å². The molecule has 0 atom stereocenters. The number of nitrogens with zero attached hydrogens (tertiary/aromatic N) is 3. The van der Waals surface area contributed by atoms with Crippen molar-refractivity contribution in [3.8, 4) is 0 Å². The minimum absolute atomic E-state index is 0.0667. The van der Waals surface area contributed by atoms with E-state index in [1.807, 2.05) is 0 Å². The third-order valence-electron chi connectivity index (χ3n) is 4.03. The lowest BCUT2D eigenvalue weighted by Crippen LogP contribution is -2.30. The summed E-state index contributed by atoms with van der Waals surface area (Å²) < 4.78 is 0. The van der Waals surface area contributed by atoms with Crippen molar-refractivity contribution in [2.24, 2.45) is 10.9 Å². The van der Waals surface area contributed by atoms with Gasteiger partial charge in [-0.25, -0.2) is 9.97 Å². The summed E-state index contributed by atoms with van der Waals surface area (Å²) in [5.74, 6) is 0.168. The summed E-state index contributed by atoms with van der Waals surface area (Å²) in [5, 5.41) is 0. The number of hydrogen-bond acceptors (Lipinski definition) is 5. The Balaban J connectivity index is 1.78. The fraction of sp³-hybridized carbons (Fsp3) is 0.533. The Kier molecular flexibility index (Phi) is 3.67. The number of fused-ring (bicyclic) bond motifs is 1. The van der Waals surface area contributed by atoms with E-state index in [0.29, 0.717) is 18.2 Å². The molecule has 0 bridgehead atoms. The van der Waals surface area contributed by atoms with Gasteiger partial charge < -0.3 is 0 Å². The van der Waals surface area contributed by atoms with Crippen molar-refractivity contribution in [1.82, 2.24) is 9.97 Å². The number of rotatable bonds is 2. The first-order valence-electron chi connectivity index (χ1n) is 7.18. The fourth-order valence-corrected chi connectivity index (χ4v) is 2.90. The molecule has 0 amide bonds. The minimum atomic E-state index is -0.233. The Morgan fingerprint density at radius 1 is 1.05 bits per heavy atom. The molecule has 3 rings (SSSR count). The zero-order valence-electron chi connectivity index (χ0n) is 11.3. The summed E-state index contributed by atoms with van der Waals surface area (Å²) >= 11 is 0. The van der Waals surface area contributed by atoms with E-state index in [1.165, 1.54) is 44.5 Å². The van der Waals surface area contributed by atoms with Gasteiger partial charge in [0.05, 0.1) is 12.1 Å². The quantitative estimate of drug-likeness (QED) is 0.827. The van der Waals surface area contributed by atoms with Crippen LogP contribution in [0.3, 0.4) is 0 Å². The second-order valence-corrected chi connectivity index (χ2v) is 5.47. The zero-order chi connectivity index (χ0) is 13.9. The van der Waals surface area contributed by atoms with Crippen molar-refractivity contribution in [2.75, 3.05) is 6.54 Å². The highest BCUT2D eigenvalue weighted by Crippen LogP contribution is 2.24. The van der Waals surface area contributed by atoms with Gasteiger partial charge in [0, 0.05) is 18.9 Å². The van der Waals surface area contributed by atoms with Gasteiger partial charge in [0.25, 0.3) is 0 Å². The maximum Gasteiger partial charge on any atom is 0.227 e. The van der Waals surface area contributed by atoms with Crippen molar-refractivity contribution in [3.05, 3.63) is 23.8 Å². The standard InChI is InChI=1S/C15H17N3O2/c19-12-8-11(18-9-10-4-2-1-3-5-10)15(20)14-13(12)16-6-7-17-14/h6-7,10H,1-5,8-9H2. The van der Waals surface area contributed by atoms with Crippen LogP contribution < -0.4 is 0 Å². The molecule has 104 valence electrons. The Morgan fingerprint density at radius 3 is 2.50 bits per heavy atom. The average Bonchev–Trinajstić information content (AvgIpc) is 2.50. The molecule has 2 aliphatic rings. The second kappa shape index (κ2) is 5.61. The summed E-state index contributed by atoms with van der Waals surface area (Å²) in [6, 6.07) is 0. The van der Waals surface area contributed by atoms with Crippen LogP contribution in [0.15, 0.2) is 17.4 Å². The number of aliphatic imine (C=N–C) groups is 1. The number of Topliss-reactive ketones (excluding diaryl/α,β-unsaturated/α-hetero) is 2. The lowest BCUT2D eigenvalue weighted by atomic mass is 9.89. The van der Waals surface area contributed by atoms with Gasteiger partial charge in [0.1, 0.15) is 11.4 Å². The van der Waals surface area contributed by atoms with Gasteiger partial charge in [0.2, 0.25) is 5.78 Å². The fourth-order valence-electron chi connectivity index (χ4n) is 2.90. The molecule has 0 aromatic carbocycles. The molecule has 1 aromatic heterocycles. The van der Waals surface area contributed by atoms with Gasteiger partial charge >= 0.3 is 0 Å². The van der Waals surface area contributed by atoms with Crippen molar-refractivity contribution < 1.29 is 9.59 Å². The van der Waals surface area contributed by atoms with Crippen LogP contribution in [-0.4, -0.2) is 33.8 Å². The number of aromatic nitrogens is 2. The number of carbonyl (C=O) groups excluding carboxylic acids is 2. The van der Waals surface area contributed by atoms with Crippen LogP contribution in [0.2, 0.25) is 0 Å². The highest BCUT2D eigenvalue weighted by atomic mass is 16.1. The molecule has 1 saturated carbocycles. The molecule has 0 aliphatic heterocycles. The van der Waals surface area contributed by atoms with Gasteiger partial charge in [-0.15, -0.1) is 0 Å². The molecule has 1 fully saturated rings. The average molecular weight is 271 g/mol. The molecule has 1 heterocycles. The summed E-state index contributed by atoms with van der Waals surface area (Å²) in [4.78, 5) is 36.6. The van der Waals surface area contributed by atoms with E-state index in [2.05, 4.69) is 15.0 Å². The van der Waals surface area contributed by atoms with Gasteiger partial charge in [-0.3, -0.25) is 14.6 Å². The van der Waals surface area contributed by atoms with E-state index >= 15 is 0 Å². The first-order valence-corrected chi connectivity index (χ1v) is 7.18. The molecule has 20 heavy (non-hydrogen) atoms. The second-order valence-electron chi connectivity index (χ2n) is 5.47. The highest BCUT2D eigenvalue weighted by Gasteiger charge is 2.31. The summed E-state index contributed by atoms with van der Waals surface area (Å²) in [5.41, 5.74) is 0.703. The van der Waals surface area contributed by atoms with Gasteiger partial charge in [-0.05, 0) is 18.8 Å². The van der Waals surface area contributed by atoms with Crippen LogP contribution in [0.1, 0.15) is 59.5 Å². The molecule has 2 aliphatic carbocycles. The maximum absolute atomic E-state index is 12.2. The van der Waals surface area contributed by atoms with Crippen LogP contribution in [-0.2, 0) is 0 Å². The Hall–Kier alpha value is -1.91. The topological polar surface area (TPSA) is 72.3 Å². The monoisotopic (exact) mass is 271 g/mol. The van der Waals surface area contributed by atoms with Crippen LogP contribution in [0, 0.1) is 5.92 Å². The molecule has 0 radical (unpaired) electrons. The minimum Gasteiger partial charge on any atom is -0.292 e. The van der Waals surface area contributed by atoms with Gasteiger partial charge in [0.15, 0.2) is 5.78 Å². The smallest absolute Gasteiger partial charge is 0.227 e. The molecule has 5 nitrogen and oxygen atoms in total. The maximum atomic E-state index is 12.2. The normalized spacial score (nSPS) is 22.1. The van der Waals surface area contributed by atoms with E-state index in [-0.39, 0.29) is 29.4 Å². The first-order chi connectivity index (χ1) is 9.75. The van der Waals surface area contributed by atoms with Crippen molar-refractivity contribution in [1.29, 1.82) is 0 Å². The Morgan fingerprint density at radius 2 is 1.75 bits per heavy atom. The molecular weight excluding hydrogens is 254 g/mol. The van der Waals surface area contributed by atoms with E-state index in [4.69, 9.17) is 0 Å². The number of hydrogen-bond donors (Lipinski definition) is 0. The molecule has 0 unspecified atom stereocenters. The summed E-state index contributed by atoms with van der Waals surface area (Å²) in [7, 11) is 0. The molecule has 0 saturated heterocycles. The van der Waals surface area contributed by atoms with Gasteiger partial charge in [-0.1, -0.05) is 19.3 Å². The van der Waals surface area contributed by atoms with Crippen LogP contribution >= 0.6 is 0 Å². The Bertz CT molecular complexity index is 574. The first kappa shape index (κ1) is 13.1. The summed E-state index contributed by atoms with van der Waals surface area (Å²) in [6.45, 7) is 0.657. The summed E-state index contributed by atoms with van der Waals surface area (Å²) in [6.07, 6.45) is 9.09. The number of carbonyl (C=O) groups is 2. The van der Waals surface area contributed by atoms with Crippen LogP contribution in [0.25, 0.3) is 0 Å². The van der Waals surface area contributed by atoms with E-state index < -0.39 is 0 Å². The third kappa shape index (κ3) is 2.53. The molecular formula is C15H17N3O2. The van der Waals surface area contributed by atoms with E-state index in [9.17, 15) is 9.59 Å². The number of ketones is 2. The van der Waals surface area contributed by atoms with Gasteiger partial charge in [-0.2, -0.15) is 0 Å². The third-order valence-corrected chi connectivity index (χ3v) is 4.03. The SMILES string of the molecule is O=C1CC(=NCC2CCCCC2)C(=O)c2nccnc21. The Labute approximate surface area is 117 Å². The molecule has 0 N–H and O–H groups in total. The van der Waals surface area contributed by atoms with Crippen molar-refractivity contribution in [2.45, 2.75) is 38.5 Å². The zero-order valence-corrected chi connectivity index (χ0v) is 11.3. The lowest BCUT2D eigenvalue weighted by molar-refractivity contribution is 0.0957.